The molecule has 0 atom stereocenters. The molecule has 1 N–H and O–H groups in total. The van der Waals surface area contributed by atoms with E-state index in [9.17, 15) is 5.11 Å². The molecule has 0 heterocycles. The summed E-state index contributed by atoms with van der Waals surface area (Å²) in [6, 6.07) is 7.55. The normalized spacial score (nSPS) is 10.3. The van der Waals surface area contributed by atoms with Crippen LogP contribution in [-0.2, 0) is 0 Å². The van der Waals surface area contributed by atoms with Gasteiger partial charge in [-0.2, -0.15) is 0 Å². The average Bonchev–Trinajstić information content (AvgIpc) is 1.88. The van der Waals surface area contributed by atoms with Crippen molar-refractivity contribution in [3.8, 4) is 5.75 Å². The fraction of sp³-hybridized carbons (Fsp3) is 0.250. The number of benzene rings is 1. The molecular weight excluding hydrogens is 140 g/mol. The predicted molar refractivity (Wildman–Crippen MR) is 45.2 cm³/mol. The molecule has 1 nitrogen and oxygen atoms in total. The summed E-state index contributed by atoms with van der Waals surface area (Å²) in [4.78, 5) is 0. The van der Waals surface area contributed by atoms with E-state index >= 15 is 0 Å². The summed E-state index contributed by atoms with van der Waals surface area (Å²) in [6.07, 6.45) is 0. The van der Waals surface area contributed by atoms with Crippen molar-refractivity contribution in [2.24, 2.45) is 0 Å². The monoisotopic (exact) mass is 151 g/mol. The molecule has 0 amide bonds. The first kappa shape index (κ1) is 7.35. The highest BCUT2D eigenvalue weighted by Crippen LogP contribution is 2.03. The summed E-state index contributed by atoms with van der Waals surface area (Å²) in [5, 5.41) is 10.4. The van der Waals surface area contributed by atoms with Gasteiger partial charge in [0.25, 0.3) is 0 Å². The molecule has 2 heteroatoms. The van der Waals surface area contributed by atoms with Gasteiger partial charge < -0.3 is 5.11 Å². The highest BCUT2D eigenvalue weighted by Gasteiger charge is 2.03. The lowest BCUT2D eigenvalue weighted by atomic mass is 10.3. The second-order valence-electron chi connectivity index (χ2n) is 2.52. The van der Waals surface area contributed by atoms with Crippen LogP contribution in [0.25, 0.3) is 0 Å². The van der Waals surface area contributed by atoms with E-state index in [-0.39, 0.29) is 0 Å². The van der Waals surface area contributed by atoms with Crippen molar-refractivity contribution >= 4 is 14.0 Å². The molecule has 1 rings (SSSR count). The van der Waals surface area contributed by atoms with Crippen molar-refractivity contribution in [3.63, 3.8) is 0 Å². The van der Waals surface area contributed by atoms with Gasteiger partial charge in [0, 0.05) is 0 Å². The fourth-order valence-corrected chi connectivity index (χ4v) is 1.92. The summed E-state index contributed by atoms with van der Waals surface area (Å²) < 4.78 is 0. The van der Waals surface area contributed by atoms with Gasteiger partial charge in [-0.05, 0) is 11.3 Å². The van der Waals surface area contributed by atoms with E-state index in [1.54, 1.807) is 6.07 Å². The molecule has 0 saturated heterocycles. The molecule has 10 heavy (non-hydrogen) atoms. The lowest BCUT2D eigenvalue weighted by Crippen LogP contribution is -2.22. The molecule has 0 aliphatic heterocycles. The summed E-state index contributed by atoms with van der Waals surface area (Å²) in [5.74, 6) is 0.446. The molecule has 1 aromatic carbocycles. The quantitative estimate of drug-likeness (QED) is 0.601. The van der Waals surface area contributed by atoms with Gasteiger partial charge in [0.05, 0.1) is 8.80 Å². The molecule has 0 aliphatic rings. The number of aromatic hydroxyl groups is 1. The number of phenolic OH excluding ortho intramolecular Hbond substituents is 1. The van der Waals surface area contributed by atoms with Gasteiger partial charge in [-0.25, -0.2) is 0 Å². The van der Waals surface area contributed by atoms with Crippen LogP contribution in [0.15, 0.2) is 24.3 Å². The van der Waals surface area contributed by atoms with Crippen LogP contribution in [0.4, 0.5) is 0 Å². The van der Waals surface area contributed by atoms with Gasteiger partial charge in [-0.3, -0.25) is 0 Å². The zero-order chi connectivity index (χ0) is 7.56. The second kappa shape index (κ2) is 2.88. The van der Waals surface area contributed by atoms with E-state index in [1.165, 1.54) is 0 Å². The third kappa shape index (κ3) is 1.39. The number of phenols is 1. The van der Waals surface area contributed by atoms with E-state index < -0.39 is 8.80 Å². The van der Waals surface area contributed by atoms with Crippen molar-refractivity contribution in [2.75, 3.05) is 0 Å². The number of para-hydroxylation sites is 1. The Morgan fingerprint density at radius 1 is 1.20 bits per heavy atom. The third-order valence-corrected chi connectivity index (χ3v) is 2.94. The molecule has 0 unspecified atom stereocenters. The Morgan fingerprint density at radius 2 is 1.80 bits per heavy atom. The fourth-order valence-electron chi connectivity index (χ4n) is 0.896. The predicted octanol–water partition coefficient (Wildman–Crippen LogP) is 1.35. The minimum absolute atomic E-state index is 0.446. The molecular formula is C8H11OSi. The molecule has 0 bridgehead atoms. The molecule has 1 radical (unpaired) electrons. The lowest BCUT2D eigenvalue weighted by Gasteiger charge is -2.04. The van der Waals surface area contributed by atoms with Gasteiger partial charge >= 0.3 is 0 Å². The Morgan fingerprint density at radius 3 is 2.20 bits per heavy atom. The molecule has 0 saturated carbocycles. The molecule has 0 aromatic heterocycles. The Labute approximate surface area is 62.9 Å². The molecule has 0 fully saturated rings. The minimum atomic E-state index is -0.492. The van der Waals surface area contributed by atoms with Gasteiger partial charge in [-0.1, -0.05) is 31.3 Å². The van der Waals surface area contributed by atoms with Gasteiger partial charge in [0.2, 0.25) is 0 Å². The first-order valence-corrected chi connectivity index (χ1v) is 5.80. The van der Waals surface area contributed by atoms with Crippen LogP contribution in [0.1, 0.15) is 0 Å². The van der Waals surface area contributed by atoms with Gasteiger partial charge in [0.1, 0.15) is 5.75 Å². The molecule has 1 aromatic rings. The van der Waals surface area contributed by atoms with E-state index in [1.807, 2.05) is 18.2 Å². The Kier molecular flexibility index (Phi) is 2.12. The standard InChI is InChI=1S/C8H11OSi/c1-10(2)8-6-4-3-5-7(8)9/h3-6,9H,1-2H3. The van der Waals surface area contributed by atoms with Crippen LogP contribution in [0, 0.1) is 0 Å². The zero-order valence-corrected chi connectivity index (χ0v) is 7.26. The topological polar surface area (TPSA) is 20.2 Å². The minimum Gasteiger partial charge on any atom is -0.508 e. The van der Waals surface area contributed by atoms with Crippen LogP contribution in [0.3, 0.4) is 0 Å². The van der Waals surface area contributed by atoms with Crippen LogP contribution >= 0.6 is 0 Å². The first-order chi connectivity index (χ1) is 4.72. The van der Waals surface area contributed by atoms with Crippen molar-refractivity contribution in [3.05, 3.63) is 24.3 Å². The van der Waals surface area contributed by atoms with Crippen LogP contribution in [0.5, 0.6) is 5.75 Å². The van der Waals surface area contributed by atoms with Gasteiger partial charge in [-0.15, -0.1) is 0 Å². The van der Waals surface area contributed by atoms with Crippen molar-refractivity contribution in [1.29, 1.82) is 0 Å². The lowest BCUT2D eigenvalue weighted by molar-refractivity contribution is 0.479. The van der Waals surface area contributed by atoms with Crippen LogP contribution < -0.4 is 5.19 Å². The smallest absolute Gasteiger partial charge is 0.114 e. The molecule has 0 aliphatic carbocycles. The molecule has 0 spiro atoms. The van der Waals surface area contributed by atoms with E-state index in [0.29, 0.717) is 5.75 Å². The average molecular weight is 151 g/mol. The third-order valence-electron chi connectivity index (χ3n) is 1.44. The van der Waals surface area contributed by atoms with Crippen molar-refractivity contribution in [2.45, 2.75) is 13.1 Å². The van der Waals surface area contributed by atoms with Crippen molar-refractivity contribution < 1.29 is 5.11 Å². The van der Waals surface area contributed by atoms with Crippen LogP contribution in [0.2, 0.25) is 13.1 Å². The zero-order valence-electron chi connectivity index (χ0n) is 6.26. The Hall–Kier alpha value is -0.763. The first-order valence-electron chi connectivity index (χ1n) is 3.30. The van der Waals surface area contributed by atoms with E-state index in [4.69, 9.17) is 0 Å². The van der Waals surface area contributed by atoms with Crippen LogP contribution in [-0.4, -0.2) is 13.9 Å². The summed E-state index contributed by atoms with van der Waals surface area (Å²) in [7, 11) is -0.492. The maximum absolute atomic E-state index is 9.31. The van der Waals surface area contributed by atoms with E-state index in [0.717, 1.165) is 5.19 Å². The SMILES string of the molecule is C[Si](C)c1ccccc1O. The second-order valence-corrected chi connectivity index (χ2v) is 5.06. The largest absolute Gasteiger partial charge is 0.508 e. The maximum Gasteiger partial charge on any atom is 0.114 e. The van der Waals surface area contributed by atoms with Crippen molar-refractivity contribution in [1.82, 2.24) is 0 Å². The summed E-state index contributed by atoms with van der Waals surface area (Å²) >= 11 is 0. The highest BCUT2D eigenvalue weighted by atomic mass is 28.3. The Balaban J connectivity index is 3.03. The van der Waals surface area contributed by atoms with E-state index in [2.05, 4.69) is 13.1 Å². The Bertz CT molecular complexity index is 220. The number of rotatable bonds is 1. The van der Waals surface area contributed by atoms with Gasteiger partial charge in [0.15, 0.2) is 0 Å². The highest BCUT2D eigenvalue weighted by molar-refractivity contribution is 6.71. The number of hydrogen-bond donors (Lipinski definition) is 1. The molecule has 53 valence electrons. The number of hydrogen-bond acceptors (Lipinski definition) is 1. The summed E-state index contributed by atoms with van der Waals surface area (Å²) in [6.45, 7) is 4.33. The summed E-state index contributed by atoms with van der Waals surface area (Å²) in [5.41, 5.74) is 0. The maximum atomic E-state index is 9.31.